The molecule has 41 heavy (non-hydrogen) atoms. The Morgan fingerprint density at radius 2 is 1.37 bits per heavy atom. The lowest BCUT2D eigenvalue weighted by Crippen LogP contribution is -2.61. The Labute approximate surface area is 240 Å². The molecule has 0 radical (unpaired) electrons. The van der Waals surface area contributed by atoms with Crippen LogP contribution in [0.5, 0.6) is 0 Å². The smallest absolute Gasteiger partial charge is 0.297 e. The molecular weight excluding hydrogens is 499 g/mol. The molecule has 0 fully saturated rings. The first kappa shape index (κ1) is 23.1. The zero-order valence-corrected chi connectivity index (χ0v) is 23.1. The molecule has 0 spiro atoms. The Morgan fingerprint density at radius 1 is 0.659 bits per heavy atom. The SMILES string of the molecule is Cc1cc2c3c(c1)N(c1cccc4ccccc14)c1ccccc1B3c1oc3c(c1N2c1ccccc1)CCCC3. The first-order valence-corrected chi connectivity index (χ1v) is 14.8. The van der Waals surface area contributed by atoms with E-state index in [1.54, 1.807) is 0 Å². The van der Waals surface area contributed by atoms with Crippen LogP contribution in [0.4, 0.5) is 34.1 Å². The van der Waals surface area contributed by atoms with E-state index in [4.69, 9.17) is 4.42 Å². The predicted octanol–water partition coefficient (Wildman–Crippen LogP) is 7.70. The van der Waals surface area contributed by atoms with Crippen LogP contribution in [0.15, 0.2) is 114 Å². The lowest BCUT2D eigenvalue weighted by atomic mass is 9.35. The van der Waals surface area contributed by atoms with Crippen molar-refractivity contribution < 1.29 is 4.42 Å². The summed E-state index contributed by atoms with van der Waals surface area (Å²) in [6.45, 7) is 2.28. The van der Waals surface area contributed by atoms with E-state index in [9.17, 15) is 0 Å². The summed E-state index contributed by atoms with van der Waals surface area (Å²) < 4.78 is 6.97. The minimum absolute atomic E-state index is 0.0450. The van der Waals surface area contributed by atoms with Gasteiger partial charge in [-0.1, -0.05) is 72.8 Å². The van der Waals surface area contributed by atoms with Crippen LogP contribution in [0.25, 0.3) is 10.8 Å². The summed E-state index contributed by atoms with van der Waals surface area (Å²) >= 11 is 0. The molecule has 3 heterocycles. The minimum atomic E-state index is 0.0450. The molecule has 3 nitrogen and oxygen atoms in total. The molecular formula is C37H29BN2O. The van der Waals surface area contributed by atoms with E-state index in [-0.39, 0.29) is 6.71 Å². The van der Waals surface area contributed by atoms with Gasteiger partial charge in [0.15, 0.2) is 0 Å². The van der Waals surface area contributed by atoms with E-state index in [1.807, 2.05) is 0 Å². The highest BCUT2D eigenvalue weighted by Gasteiger charge is 2.47. The molecule has 0 atom stereocenters. The van der Waals surface area contributed by atoms with Crippen LogP contribution in [0, 0.1) is 6.92 Å². The highest BCUT2D eigenvalue weighted by molar-refractivity contribution is 6.99. The zero-order valence-electron chi connectivity index (χ0n) is 23.1. The van der Waals surface area contributed by atoms with Crippen LogP contribution in [-0.2, 0) is 12.8 Å². The number of furan rings is 1. The lowest BCUT2D eigenvalue weighted by molar-refractivity contribution is 0.497. The maximum absolute atomic E-state index is 6.97. The van der Waals surface area contributed by atoms with Gasteiger partial charge in [-0.3, -0.25) is 0 Å². The van der Waals surface area contributed by atoms with E-state index in [1.165, 1.54) is 85.6 Å². The monoisotopic (exact) mass is 528 g/mol. The van der Waals surface area contributed by atoms with Crippen LogP contribution < -0.4 is 26.4 Å². The van der Waals surface area contributed by atoms with Gasteiger partial charge in [0.25, 0.3) is 6.71 Å². The number of hydrogen-bond donors (Lipinski definition) is 0. The first-order valence-electron chi connectivity index (χ1n) is 14.8. The van der Waals surface area contributed by atoms with Crippen LogP contribution in [0.3, 0.4) is 0 Å². The molecule has 1 aromatic heterocycles. The molecule has 196 valence electrons. The van der Waals surface area contributed by atoms with Crippen molar-refractivity contribution in [3.8, 4) is 0 Å². The molecule has 1 aliphatic carbocycles. The fraction of sp³-hybridized carbons (Fsp3) is 0.135. The average molecular weight is 528 g/mol. The van der Waals surface area contributed by atoms with E-state index in [0.717, 1.165) is 18.5 Å². The largest absolute Gasteiger partial charge is 0.473 e. The fourth-order valence-electron chi connectivity index (χ4n) is 7.56. The Hall–Kier alpha value is -4.70. The van der Waals surface area contributed by atoms with Crippen molar-refractivity contribution >= 4 is 68.2 Å². The minimum Gasteiger partial charge on any atom is -0.473 e. The molecule has 4 heteroatoms. The number of para-hydroxylation sites is 2. The van der Waals surface area contributed by atoms with Gasteiger partial charge in [0, 0.05) is 40.1 Å². The summed E-state index contributed by atoms with van der Waals surface area (Å²) in [5.41, 5.74) is 13.8. The van der Waals surface area contributed by atoms with Crippen LogP contribution >= 0.6 is 0 Å². The number of fused-ring (bicyclic) bond motifs is 7. The summed E-state index contributed by atoms with van der Waals surface area (Å²) in [5.74, 6) is 1.18. The molecule has 0 bridgehead atoms. The number of anilines is 6. The standard InChI is InChI=1S/C37H29BN2O/c1-24-22-32-35-33(23-24)40(30-20-11-13-25-12-5-6-16-27(25)30)31-19-9-8-18-29(31)38(35)37-36(28-17-7-10-21-34(28)41-37)39(32)26-14-3-2-4-15-26/h2-6,8-9,11-16,18-20,22-23H,7,10,17,21H2,1H3. The van der Waals surface area contributed by atoms with Gasteiger partial charge in [-0.2, -0.15) is 0 Å². The number of nitrogens with zero attached hydrogens (tertiary/aromatic N) is 2. The molecule has 2 aliphatic heterocycles. The maximum atomic E-state index is 6.97. The highest BCUT2D eigenvalue weighted by Crippen LogP contribution is 2.48. The Bertz CT molecular complexity index is 1990. The molecule has 0 amide bonds. The number of benzene rings is 5. The van der Waals surface area contributed by atoms with Gasteiger partial charge in [-0.05, 0) is 84.5 Å². The van der Waals surface area contributed by atoms with Crippen LogP contribution in [-0.4, -0.2) is 6.71 Å². The third kappa shape index (κ3) is 3.22. The van der Waals surface area contributed by atoms with Crippen molar-refractivity contribution in [2.24, 2.45) is 0 Å². The second-order valence-corrected chi connectivity index (χ2v) is 11.6. The van der Waals surface area contributed by atoms with Gasteiger partial charge >= 0.3 is 0 Å². The Balaban J connectivity index is 1.41. The van der Waals surface area contributed by atoms with Crippen molar-refractivity contribution in [1.29, 1.82) is 0 Å². The zero-order chi connectivity index (χ0) is 27.1. The molecule has 0 N–H and O–H groups in total. The Morgan fingerprint density at radius 3 is 2.27 bits per heavy atom. The van der Waals surface area contributed by atoms with Gasteiger partial charge in [-0.25, -0.2) is 0 Å². The van der Waals surface area contributed by atoms with Gasteiger partial charge in [-0.15, -0.1) is 0 Å². The fourth-order valence-corrected chi connectivity index (χ4v) is 7.56. The third-order valence-electron chi connectivity index (χ3n) is 9.22. The number of hydrogen-bond acceptors (Lipinski definition) is 3. The number of rotatable bonds is 2. The van der Waals surface area contributed by atoms with Gasteiger partial charge < -0.3 is 14.2 Å². The van der Waals surface area contributed by atoms with Crippen molar-refractivity contribution in [3.63, 3.8) is 0 Å². The van der Waals surface area contributed by atoms with Crippen molar-refractivity contribution in [1.82, 2.24) is 0 Å². The summed E-state index contributed by atoms with van der Waals surface area (Å²) in [7, 11) is 0. The van der Waals surface area contributed by atoms with E-state index >= 15 is 0 Å². The van der Waals surface area contributed by atoms with Crippen molar-refractivity contribution in [2.75, 3.05) is 9.80 Å². The van der Waals surface area contributed by atoms with Crippen LogP contribution in [0.2, 0.25) is 0 Å². The van der Waals surface area contributed by atoms with Crippen molar-refractivity contribution in [3.05, 3.63) is 126 Å². The molecule has 3 aliphatic rings. The molecule has 5 aromatic carbocycles. The summed E-state index contributed by atoms with van der Waals surface area (Å²) in [6, 6.07) is 40.0. The lowest BCUT2D eigenvalue weighted by Gasteiger charge is -2.43. The van der Waals surface area contributed by atoms with E-state index in [2.05, 4.69) is 126 Å². The molecule has 6 aromatic rings. The van der Waals surface area contributed by atoms with Gasteiger partial charge in [0.2, 0.25) is 0 Å². The van der Waals surface area contributed by atoms with E-state index in [0.29, 0.717) is 0 Å². The van der Waals surface area contributed by atoms with Gasteiger partial charge in [0.05, 0.1) is 17.0 Å². The molecule has 0 saturated carbocycles. The summed E-state index contributed by atoms with van der Waals surface area (Å²) in [6.07, 6.45) is 4.49. The first-order chi connectivity index (χ1) is 20.3. The predicted molar refractivity (Wildman–Crippen MR) is 172 cm³/mol. The molecule has 9 rings (SSSR count). The van der Waals surface area contributed by atoms with Crippen LogP contribution in [0.1, 0.15) is 29.7 Å². The normalized spacial score (nSPS) is 14.9. The van der Waals surface area contributed by atoms with Gasteiger partial charge in [0.1, 0.15) is 5.76 Å². The average Bonchev–Trinajstić information content (AvgIpc) is 3.40. The molecule has 0 saturated heterocycles. The summed E-state index contributed by atoms with van der Waals surface area (Å²) in [4.78, 5) is 5.00. The second kappa shape index (κ2) is 8.65. The topological polar surface area (TPSA) is 19.6 Å². The second-order valence-electron chi connectivity index (χ2n) is 11.6. The summed E-state index contributed by atoms with van der Waals surface area (Å²) in [5, 5.41) is 2.50. The highest BCUT2D eigenvalue weighted by atomic mass is 16.3. The van der Waals surface area contributed by atoms with E-state index < -0.39 is 0 Å². The molecule has 0 unspecified atom stereocenters. The third-order valence-corrected chi connectivity index (χ3v) is 9.22. The Kier molecular flexibility index (Phi) is 4.86. The van der Waals surface area contributed by atoms with Crippen molar-refractivity contribution in [2.45, 2.75) is 32.6 Å². The number of aryl methyl sites for hydroxylation is 2. The quantitative estimate of drug-likeness (QED) is 0.214. The maximum Gasteiger partial charge on any atom is 0.297 e.